The monoisotopic (exact) mass is 558 g/mol. The van der Waals surface area contributed by atoms with Gasteiger partial charge in [0.15, 0.2) is 17.3 Å². The minimum atomic E-state index is -4.38. The van der Waals surface area contributed by atoms with E-state index in [1.165, 1.54) is 6.07 Å². The predicted octanol–water partition coefficient (Wildman–Crippen LogP) is 0.693. The van der Waals surface area contributed by atoms with Crippen molar-refractivity contribution in [1.82, 2.24) is 14.1 Å². The van der Waals surface area contributed by atoms with Gasteiger partial charge < -0.3 is 26.4 Å². The van der Waals surface area contributed by atoms with Gasteiger partial charge in [-0.2, -0.15) is 4.31 Å². The van der Waals surface area contributed by atoms with Gasteiger partial charge in [-0.05, 0) is 62.9 Å². The molecular weight excluding hydrogens is 520 g/mol. The lowest BCUT2D eigenvalue weighted by molar-refractivity contribution is -0.155. The van der Waals surface area contributed by atoms with Gasteiger partial charge in [-0.3, -0.25) is 10.2 Å². The van der Waals surface area contributed by atoms with E-state index in [4.69, 9.17) is 16.9 Å². The summed E-state index contributed by atoms with van der Waals surface area (Å²) in [4.78, 5) is 30.7. The number of carboxylic acid groups (broad SMARTS) is 1. The molecule has 212 valence electrons. The Hall–Kier alpha value is -3.06. The summed E-state index contributed by atoms with van der Waals surface area (Å²) in [6.07, 6.45) is 5.38. The first-order valence-electron chi connectivity index (χ1n) is 13.1. The molecule has 1 aromatic rings. The van der Waals surface area contributed by atoms with E-state index in [2.05, 4.69) is 4.90 Å². The molecule has 3 heterocycles. The summed E-state index contributed by atoms with van der Waals surface area (Å²) >= 11 is 0. The molecule has 6 N–H and O–H groups in total. The Balaban J connectivity index is 1.69. The van der Waals surface area contributed by atoms with Crippen molar-refractivity contribution in [2.24, 2.45) is 11.5 Å². The van der Waals surface area contributed by atoms with Crippen LogP contribution in [0.25, 0.3) is 0 Å². The number of nitrogens with two attached hydrogens (primary N) is 2. The van der Waals surface area contributed by atoms with Gasteiger partial charge in [0, 0.05) is 39.1 Å². The second-order valence-electron chi connectivity index (χ2n) is 10.8. The minimum absolute atomic E-state index is 0.0298. The Morgan fingerprint density at radius 3 is 2.51 bits per heavy atom. The third-order valence-corrected chi connectivity index (χ3v) is 9.90. The highest BCUT2D eigenvalue weighted by molar-refractivity contribution is 7.89. The number of Topliss-reactive ketones (excluding diaryl/α,β-unsaturated/α-hetero) is 1. The first kappa shape index (κ1) is 28.9. The molecule has 1 unspecified atom stereocenters. The molecule has 0 saturated carbocycles. The van der Waals surface area contributed by atoms with E-state index >= 15 is 0 Å². The molecule has 0 aromatic heterocycles. The summed E-state index contributed by atoms with van der Waals surface area (Å²) < 4.78 is 28.9. The van der Waals surface area contributed by atoms with Gasteiger partial charge in [0.05, 0.1) is 10.9 Å². The number of ketones is 1. The smallest absolute Gasteiger partial charge is 0.333 e. The standard InChI is InChI=1S/C27H38N6O5S/c1-18-7-13-33(39(37,38)22-6-5-20-8-11-31(2)12-9-21(20)15-22)27(16-18,25(35)36)24(34)23(28)14-19-4-3-10-32(17-19)26(29)30/h4-7,15,23H,3,8-14,16-17,28H2,1-2H3,(H3,29,30)(H,35,36)/t23?,27-/m1/s1. The normalized spacial score (nSPS) is 23.7. The van der Waals surface area contributed by atoms with E-state index in [1.807, 2.05) is 13.1 Å². The summed E-state index contributed by atoms with van der Waals surface area (Å²) in [5, 5.41) is 18.2. The number of likely N-dealkylation sites (N-methyl/N-ethyl adjacent to an activating group) is 1. The minimum Gasteiger partial charge on any atom is -0.479 e. The van der Waals surface area contributed by atoms with Crippen LogP contribution in [0.1, 0.15) is 37.3 Å². The zero-order valence-corrected chi connectivity index (χ0v) is 23.3. The lowest BCUT2D eigenvalue weighted by atomic mass is 9.80. The van der Waals surface area contributed by atoms with Crippen LogP contribution in [0.2, 0.25) is 0 Å². The fourth-order valence-electron chi connectivity index (χ4n) is 5.71. The molecule has 2 atom stereocenters. The highest BCUT2D eigenvalue weighted by Gasteiger charge is 2.58. The number of hydrogen-bond donors (Lipinski definition) is 4. The molecule has 3 aliphatic heterocycles. The van der Waals surface area contributed by atoms with E-state index in [9.17, 15) is 23.1 Å². The van der Waals surface area contributed by atoms with E-state index in [-0.39, 0.29) is 30.2 Å². The highest BCUT2D eigenvalue weighted by Crippen LogP contribution is 2.37. The van der Waals surface area contributed by atoms with Gasteiger partial charge in [0.25, 0.3) is 0 Å². The number of nitrogens with zero attached hydrogens (tertiary/aromatic N) is 3. The zero-order chi connectivity index (χ0) is 28.5. The van der Waals surface area contributed by atoms with E-state index in [0.717, 1.165) is 40.5 Å². The number of carbonyl (C=O) groups excluding carboxylic acids is 1. The summed E-state index contributed by atoms with van der Waals surface area (Å²) in [5.41, 5.74) is 12.9. The molecule has 0 amide bonds. The second kappa shape index (κ2) is 11.2. The number of rotatable bonds is 7. The number of fused-ring (bicyclic) bond motifs is 1. The van der Waals surface area contributed by atoms with Crippen molar-refractivity contribution in [3.63, 3.8) is 0 Å². The van der Waals surface area contributed by atoms with Crippen molar-refractivity contribution < 1.29 is 23.1 Å². The molecule has 3 aliphatic rings. The van der Waals surface area contributed by atoms with Crippen LogP contribution in [0.5, 0.6) is 0 Å². The maximum absolute atomic E-state index is 14.1. The van der Waals surface area contributed by atoms with Crippen LogP contribution in [0.3, 0.4) is 0 Å². The van der Waals surface area contributed by atoms with Gasteiger partial charge in [-0.1, -0.05) is 29.4 Å². The first-order chi connectivity index (χ1) is 18.4. The predicted molar refractivity (Wildman–Crippen MR) is 148 cm³/mol. The topological polar surface area (TPSA) is 174 Å². The number of nitrogens with one attached hydrogen (secondary N) is 1. The van der Waals surface area contributed by atoms with E-state index < -0.39 is 33.4 Å². The Kier molecular flexibility index (Phi) is 8.31. The van der Waals surface area contributed by atoms with Crippen LogP contribution in [0, 0.1) is 5.41 Å². The van der Waals surface area contributed by atoms with Gasteiger partial charge in [-0.25, -0.2) is 13.2 Å². The lowest BCUT2D eigenvalue weighted by Gasteiger charge is -2.42. The largest absolute Gasteiger partial charge is 0.479 e. The molecule has 0 saturated heterocycles. The number of carbonyl (C=O) groups is 2. The van der Waals surface area contributed by atoms with Crippen LogP contribution in [0.4, 0.5) is 0 Å². The van der Waals surface area contributed by atoms with Crippen molar-refractivity contribution in [3.05, 3.63) is 52.6 Å². The Labute approximate surface area is 229 Å². The fourth-order valence-corrected chi connectivity index (χ4v) is 7.41. The van der Waals surface area contributed by atoms with E-state index in [1.54, 1.807) is 30.0 Å². The molecule has 12 heteroatoms. The molecule has 0 bridgehead atoms. The molecule has 0 aliphatic carbocycles. The maximum Gasteiger partial charge on any atom is 0.333 e. The summed E-state index contributed by atoms with van der Waals surface area (Å²) in [7, 11) is -2.36. The third-order valence-electron chi connectivity index (χ3n) is 8.00. The number of sulfonamides is 1. The average Bonchev–Trinajstić information content (AvgIpc) is 3.08. The number of benzene rings is 1. The van der Waals surface area contributed by atoms with Crippen LogP contribution in [-0.4, -0.2) is 96.7 Å². The molecule has 1 aromatic carbocycles. The van der Waals surface area contributed by atoms with Gasteiger partial charge in [0.2, 0.25) is 10.0 Å². The third kappa shape index (κ3) is 5.65. The van der Waals surface area contributed by atoms with Crippen LogP contribution >= 0.6 is 0 Å². The molecule has 4 rings (SSSR count). The molecule has 11 nitrogen and oxygen atoms in total. The van der Waals surface area contributed by atoms with Crippen molar-refractivity contribution in [3.8, 4) is 0 Å². The number of carboxylic acids is 1. The Morgan fingerprint density at radius 1 is 1.15 bits per heavy atom. The highest BCUT2D eigenvalue weighted by atomic mass is 32.2. The van der Waals surface area contributed by atoms with Gasteiger partial charge >= 0.3 is 5.97 Å². The number of guanidine groups is 1. The van der Waals surface area contributed by atoms with Crippen LogP contribution in [0.15, 0.2) is 46.4 Å². The number of aliphatic carboxylic acids is 1. The molecule has 0 radical (unpaired) electrons. The summed E-state index contributed by atoms with van der Waals surface area (Å²) in [5.74, 6) is -2.50. The lowest BCUT2D eigenvalue weighted by Crippen LogP contribution is -2.66. The molecule has 39 heavy (non-hydrogen) atoms. The SMILES string of the molecule is CC1=CCN(S(=O)(=O)c2ccc3c(c2)CCN(C)CC3)[C@@](C(=O)O)(C(=O)C(N)CC2=CCCN(C(=N)N)C2)C1. The van der Waals surface area contributed by atoms with Crippen LogP contribution in [-0.2, 0) is 32.5 Å². The van der Waals surface area contributed by atoms with Gasteiger partial charge in [0.1, 0.15) is 0 Å². The van der Waals surface area contributed by atoms with Crippen molar-refractivity contribution in [2.45, 2.75) is 55.5 Å². The molecule has 0 spiro atoms. The number of hydrogen-bond acceptors (Lipinski definition) is 7. The van der Waals surface area contributed by atoms with Crippen LogP contribution < -0.4 is 11.5 Å². The van der Waals surface area contributed by atoms with Crippen molar-refractivity contribution in [1.29, 1.82) is 5.41 Å². The zero-order valence-electron chi connectivity index (χ0n) is 22.5. The van der Waals surface area contributed by atoms with Crippen molar-refractivity contribution >= 4 is 27.7 Å². The summed E-state index contributed by atoms with van der Waals surface area (Å²) in [6, 6.07) is 3.66. The maximum atomic E-state index is 14.1. The Morgan fingerprint density at radius 2 is 1.85 bits per heavy atom. The fraction of sp³-hybridized carbons (Fsp3) is 0.519. The second-order valence-corrected chi connectivity index (χ2v) is 12.7. The van der Waals surface area contributed by atoms with Crippen molar-refractivity contribution in [2.75, 3.05) is 39.8 Å². The van der Waals surface area contributed by atoms with E-state index in [0.29, 0.717) is 31.5 Å². The summed E-state index contributed by atoms with van der Waals surface area (Å²) in [6.45, 7) is 3.96. The quantitative estimate of drug-likeness (QED) is 0.162. The molecular formula is C27H38N6O5S. The molecule has 0 fully saturated rings. The first-order valence-corrected chi connectivity index (χ1v) is 14.6. The van der Waals surface area contributed by atoms with Gasteiger partial charge in [-0.15, -0.1) is 0 Å². The average molecular weight is 559 g/mol. The Bertz CT molecular complexity index is 1340.